The third-order valence-corrected chi connectivity index (χ3v) is 4.88. The molecule has 0 atom stereocenters. The van der Waals surface area contributed by atoms with E-state index in [1.807, 2.05) is 0 Å². The zero-order valence-corrected chi connectivity index (χ0v) is 12.9. The summed E-state index contributed by atoms with van der Waals surface area (Å²) in [5, 5.41) is 15.2. The van der Waals surface area contributed by atoms with Crippen LogP contribution in [0, 0.1) is 0 Å². The quantitative estimate of drug-likeness (QED) is 0.906. The van der Waals surface area contributed by atoms with E-state index < -0.39 is 0 Å². The van der Waals surface area contributed by atoms with Gasteiger partial charge in [-0.2, -0.15) is 10.2 Å². The van der Waals surface area contributed by atoms with Gasteiger partial charge in [0.2, 0.25) is 0 Å². The molecule has 4 rings (SSSR count). The molecular formula is C16H23N5O. The largest absolute Gasteiger partial charge is 0.381 e. The maximum absolute atomic E-state index is 5.40. The summed E-state index contributed by atoms with van der Waals surface area (Å²) in [7, 11) is 0. The third kappa shape index (κ3) is 2.79. The first-order chi connectivity index (χ1) is 10.9. The summed E-state index contributed by atoms with van der Waals surface area (Å²) >= 11 is 0. The predicted octanol–water partition coefficient (Wildman–Crippen LogP) is 2.09. The van der Waals surface area contributed by atoms with Gasteiger partial charge in [0.15, 0.2) is 5.82 Å². The summed E-state index contributed by atoms with van der Waals surface area (Å²) < 4.78 is 5.40. The summed E-state index contributed by atoms with van der Waals surface area (Å²) in [6.07, 6.45) is 8.78. The number of aromatic nitrogens is 5. The van der Waals surface area contributed by atoms with Gasteiger partial charge in [-0.05, 0) is 50.5 Å². The molecule has 2 aliphatic rings. The van der Waals surface area contributed by atoms with E-state index in [0.29, 0.717) is 5.92 Å². The van der Waals surface area contributed by atoms with E-state index in [2.05, 4.69) is 25.4 Å². The van der Waals surface area contributed by atoms with Gasteiger partial charge in [-0.25, -0.2) is 4.98 Å². The van der Waals surface area contributed by atoms with Gasteiger partial charge in [-0.3, -0.25) is 10.2 Å². The summed E-state index contributed by atoms with van der Waals surface area (Å²) in [6, 6.07) is 0. The summed E-state index contributed by atoms with van der Waals surface area (Å²) in [5.74, 6) is 2.40. The van der Waals surface area contributed by atoms with Crippen molar-refractivity contribution in [1.29, 1.82) is 0 Å². The average Bonchev–Trinajstić information content (AvgIpc) is 3.21. The lowest BCUT2D eigenvalue weighted by Crippen LogP contribution is -2.15. The Hall–Kier alpha value is -1.69. The van der Waals surface area contributed by atoms with Crippen LogP contribution < -0.4 is 0 Å². The normalized spacial score (nSPS) is 19.3. The van der Waals surface area contributed by atoms with Crippen LogP contribution in [-0.2, 0) is 30.4 Å². The zero-order chi connectivity index (χ0) is 14.8. The number of hydrogen-bond donors (Lipinski definition) is 2. The molecule has 3 heterocycles. The van der Waals surface area contributed by atoms with Crippen molar-refractivity contribution in [3.05, 3.63) is 28.6 Å². The van der Waals surface area contributed by atoms with Gasteiger partial charge in [0.05, 0.1) is 5.69 Å². The van der Waals surface area contributed by atoms with Crippen LogP contribution in [0.5, 0.6) is 0 Å². The number of fused-ring (bicyclic) bond motifs is 1. The standard InChI is InChI=1S/C16H23N5O/c1-2-4-13-12(3-1)14(19-18-13)5-6-15-17-16(21-20-15)11-7-9-22-10-8-11/h11H,1-10H2,(H,18,19)(H,17,20,21). The highest BCUT2D eigenvalue weighted by Crippen LogP contribution is 2.25. The Balaban J connectivity index is 1.39. The Morgan fingerprint density at radius 3 is 2.77 bits per heavy atom. The van der Waals surface area contributed by atoms with E-state index in [1.165, 1.54) is 36.2 Å². The van der Waals surface area contributed by atoms with Crippen LogP contribution in [0.25, 0.3) is 0 Å². The van der Waals surface area contributed by atoms with Crippen LogP contribution in [0.3, 0.4) is 0 Å². The van der Waals surface area contributed by atoms with Gasteiger partial charge in [-0.1, -0.05) is 0 Å². The molecule has 2 aromatic rings. The number of nitrogens with one attached hydrogen (secondary N) is 2. The highest BCUT2D eigenvalue weighted by atomic mass is 16.5. The van der Waals surface area contributed by atoms with Gasteiger partial charge in [0, 0.05) is 31.2 Å². The van der Waals surface area contributed by atoms with E-state index in [4.69, 9.17) is 4.74 Å². The summed E-state index contributed by atoms with van der Waals surface area (Å²) in [6.45, 7) is 1.65. The fraction of sp³-hybridized carbons (Fsp3) is 0.688. The number of aryl methyl sites for hydroxylation is 3. The van der Waals surface area contributed by atoms with E-state index in [-0.39, 0.29) is 0 Å². The molecule has 2 aromatic heterocycles. The minimum Gasteiger partial charge on any atom is -0.381 e. The lowest BCUT2D eigenvalue weighted by Gasteiger charge is -2.18. The van der Waals surface area contributed by atoms with Crippen LogP contribution in [0.4, 0.5) is 0 Å². The second-order valence-electron chi connectivity index (χ2n) is 6.36. The van der Waals surface area contributed by atoms with Crippen LogP contribution in [0.1, 0.15) is 60.2 Å². The molecular weight excluding hydrogens is 278 g/mol. The molecule has 2 N–H and O–H groups in total. The summed E-state index contributed by atoms with van der Waals surface area (Å²) in [4.78, 5) is 4.69. The Morgan fingerprint density at radius 2 is 1.86 bits per heavy atom. The van der Waals surface area contributed by atoms with Crippen LogP contribution in [0.2, 0.25) is 0 Å². The maximum atomic E-state index is 5.40. The molecule has 0 radical (unpaired) electrons. The molecule has 0 bridgehead atoms. The molecule has 6 heteroatoms. The van der Waals surface area contributed by atoms with Crippen molar-refractivity contribution in [3.8, 4) is 0 Å². The number of nitrogens with zero attached hydrogens (tertiary/aromatic N) is 3. The van der Waals surface area contributed by atoms with E-state index in [1.54, 1.807) is 0 Å². The Bertz CT molecular complexity index is 626. The van der Waals surface area contributed by atoms with Crippen LogP contribution in [-0.4, -0.2) is 38.6 Å². The van der Waals surface area contributed by atoms with Gasteiger partial charge in [0.25, 0.3) is 0 Å². The first-order valence-corrected chi connectivity index (χ1v) is 8.44. The second-order valence-corrected chi connectivity index (χ2v) is 6.36. The highest BCUT2D eigenvalue weighted by molar-refractivity contribution is 5.28. The first-order valence-electron chi connectivity index (χ1n) is 8.44. The molecule has 0 saturated carbocycles. The molecule has 0 aromatic carbocycles. The van der Waals surface area contributed by atoms with E-state index in [0.717, 1.165) is 57.0 Å². The lowest BCUT2D eigenvalue weighted by molar-refractivity contribution is 0.0836. The maximum Gasteiger partial charge on any atom is 0.153 e. The zero-order valence-electron chi connectivity index (χ0n) is 12.9. The minimum atomic E-state index is 0.455. The number of rotatable bonds is 4. The van der Waals surface area contributed by atoms with Crippen molar-refractivity contribution in [2.24, 2.45) is 0 Å². The number of hydrogen-bond acceptors (Lipinski definition) is 4. The van der Waals surface area contributed by atoms with Crippen molar-refractivity contribution >= 4 is 0 Å². The number of H-pyrrole nitrogens is 2. The Labute approximate surface area is 130 Å². The lowest BCUT2D eigenvalue weighted by atomic mass is 9.94. The predicted molar refractivity (Wildman–Crippen MR) is 81.8 cm³/mol. The molecule has 0 spiro atoms. The van der Waals surface area contributed by atoms with Crippen molar-refractivity contribution < 1.29 is 4.74 Å². The molecule has 0 amide bonds. The highest BCUT2D eigenvalue weighted by Gasteiger charge is 2.21. The van der Waals surface area contributed by atoms with Gasteiger partial charge in [0.1, 0.15) is 5.82 Å². The molecule has 22 heavy (non-hydrogen) atoms. The average molecular weight is 301 g/mol. The Kier molecular flexibility index (Phi) is 3.93. The minimum absolute atomic E-state index is 0.455. The van der Waals surface area contributed by atoms with E-state index >= 15 is 0 Å². The molecule has 1 fully saturated rings. The molecule has 118 valence electrons. The fourth-order valence-corrected chi connectivity index (χ4v) is 3.55. The molecule has 1 aliphatic carbocycles. The van der Waals surface area contributed by atoms with Crippen molar-refractivity contribution in [2.45, 2.75) is 57.3 Å². The Morgan fingerprint density at radius 1 is 1.00 bits per heavy atom. The van der Waals surface area contributed by atoms with Gasteiger partial charge >= 0.3 is 0 Å². The smallest absolute Gasteiger partial charge is 0.153 e. The molecule has 1 aliphatic heterocycles. The van der Waals surface area contributed by atoms with Crippen molar-refractivity contribution in [1.82, 2.24) is 25.4 Å². The molecule has 1 saturated heterocycles. The molecule has 0 unspecified atom stereocenters. The first kappa shape index (κ1) is 13.9. The third-order valence-electron chi connectivity index (χ3n) is 4.88. The van der Waals surface area contributed by atoms with Crippen LogP contribution >= 0.6 is 0 Å². The topological polar surface area (TPSA) is 79.5 Å². The summed E-state index contributed by atoms with van der Waals surface area (Å²) in [5.41, 5.74) is 4.02. The van der Waals surface area contributed by atoms with E-state index in [9.17, 15) is 0 Å². The fourth-order valence-electron chi connectivity index (χ4n) is 3.55. The molecule has 6 nitrogen and oxygen atoms in total. The van der Waals surface area contributed by atoms with Gasteiger partial charge < -0.3 is 4.74 Å². The van der Waals surface area contributed by atoms with Crippen molar-refractivity contribution in [3.63, 3.8) is 0 Å². The number of ether oxygens (including phenoxy) is 1. The number of aromatic amines is 2. The second kappa shape index (κ2) is 6.20. The van der Waals surface area contributed by atoms with Crippen molar-refractivity contribution in [2.75, 3.05) is 13.2 Å². The van der Waals surface area contributed by atoms with Crippen LogP contribution in [0.15, 0.2) is 0 Å². The van der Waals surface area contributed by atoms with Gasteiger partial charge in [-0.15, -0.1) is 0 Å². The monoisotopic (exact) mass is 301 g/mol. The SMILES string of the molecule is C1CCc2c(CCc3nc(C4CCOCC4)n[nH]3)n[nH]c2C1.